The van der Waals surface area contributed by atoms with Gasteiger partial charge in [-0.3, -0.25) is 0 Å². The molecule has 2 nitrogen and oxygen atoms in total. The predicted octanol–water partition coefficient (Wildman–Crippen LogP) is 3.30. The van der Waals surface area contributed by atoms with E-state index < -0.39 is 0 Å². The highest BCUT2D eigenvalue weighted by Gasteiger charge is 2.04. The van der Waals surface area contributed by atoms with Crippen LogP contribution in [0, 0.1) is 6.92 Å². The Bertz CT molecular complexity index is 532. The Balaban J connectivity index is 2.14. The summed E-state index contributed by atoms with van der Waals surface area (Å²) in [4.78, 5) is 0.426. The minimum absolute atomic E-state index is 0.426. The van der Waals surface area contributed by atoms with E-state index in [0.717, 1.165) is 17.8 Å². The lowest BCUT2D eigenvalue weighted by Crippen LogP contribution is -2.13. The Morgan fingerprint density at radius 3 is 2.76 bits per heavy atom. The first-order valence-electron chi connectivity index (χ1n) is 5.33. The highest BCUT2D eigenvalue weighted by atomic mass is 32.1. The van der Waals surface area contributed by atoms with Crippen molar-refractivity contribution in [3.63, 3.8) is 0 Å². The fourth-order valence-electron chi connectivity index (χ4n) is 1.61. The third kappa shape index (κ3) is 2.84. The summed E-state index contributed by atoms with van der Waals surface area (Å²) in [5, 5.41) is 7.68. The van der Waals surface area contributed by atoms with Gasteiger partial charge in [0.25, 0.3) is 0 Å². The summed E-state index contributed by atoms with van der Waals surface area (Å²) in [6.45, 7) is 2.92. The van der Waals surface area contributed by atoms with Crippen LogP contribution >= 0.6 is 23.6 Å². The molecule has 0 bridgehead atoms. The van der Waals surface area contributed by atoms with E-state index in [4.69, 9.17) is 18.0 Å². The van der Waals surface area contributed by atoms with E-state index >= 15 is 0 Å². The zero-order valence-corrected chi connectivity index (χ0v) is 11.2. The molecule has 17 heavy (non-hydrogen) atoms. The van der Waals surface area contributed by atoms with Crippen molar-refractivity contribution in [1.82, 2.24) is 0 Å². The van der Waals surface area contributed by atoms with Crippen molar-refractivity contribution in [2.24, 2.45) is 5.73 Å². The van der Waals surface area contributed by atoms with Crippen molar-refractivity contribution in [3.8, 4) is 0 Å². The van der Waals surface area contributed by atoms with Gasteiger partial charge >= 0.3 is 0 Å². The molecule has 0 radical (unpaired) electrons. The van der Waals surface area contributed by atoms with E-state index in [1.54, 1.807) is 11.3 Å². The molecule has 0 aliphatic carbocycles. The van der Waals surface area contributed by atoms with Gasteiger partial charge in [0.15, 0.2) is 0 Å². The summed E-state index contributed by atoms with van der Waals surface area (Å²) in [7, 11) is 0. The lowest BCUT2D eigenvalue weighted by molar-refractivity contribution is 1.14. The molecule has 0 fully saturated rings. The van der Waals surface area contributed by atoms with Crippen molar-refractivity contribution >= 4 is 34.2 Å². The van der Waals surface area contributed by atoms with Gasteiger partial charge in [-0.15, -0.1) is 0 Å². The van der Waals surface area contributed by atoms with Gasteiger partial charge in [0.05, 0.1) is 0 Å². The minimum atomic E-state index is 0.426. The maximum Gasteiger partial charge on any atom is 0.106 e. The van der Waals surface area contributed by atoms with Crippen LogP contribution in [-0.2, 0) is 6.54 Å². The molecule has 4 heteroatoms. The number of hydrogen-bond donors (Lipinski definition) is 2. The van der Waals surface area contributed by atoms with Crippen molar-refractivity contribution in [1.29, 1.82) is 0 Å². The molecule has 0 aliphatic rings. The zero-order chi connectivity index (χ0) is 12.3. The van der Waals surface area contributed by atoms with Crippen LogP contribution in [0.15, 0.2) is 35.0 Å². The standard InChI is InChI=1S/C13H14N2S2/c1-9-7-17-8-10(9)6-15-12-5-3-2-4-11(12)13(14)16/h2-5,7-8,15H,6H2,1H3,(H2,14,16). The Kier molecular flexibility index (Phi) is 3.76. The number of rotatable bonds is 4. The molecular weight excluding hydrogens is 248 g/mol. The SMILES string of the molecule is Cc1cscc1CNc1ccccc1C(N)=S. The predicted molar refractivity (Wildman–Crippen MR) is 78.7 cm³/mol. The van der Waals surface area contributed by atoms with Crippen LogP contribution in [0.1, 0.15) is 16.7 Å². The summed E-state index contributed by atoms with van der Waals surface area (Å²) in [5.41, 5.74) is 10.2. The lowest BCUT2D eigenvalue weighted by Gasteiger charge is -2.10. The zero-order valence-electron chi connectivity index (χ0n) is 9.57. The summed E-state index contributed by atoms with van der Waals surface area (Å²) in [6.07, 6.45) is 0. The Morgan fingerprint density at radius 1 is 1.35 bits per heavy atom. The number of hydrogen-bond acceptors (Lipinski definition) is 3. The first-order chi connectivity index (χ1) is 8.18. The van der Waals surface area contributed by atoms with Crippen LogP contribution in [0.4, 0.5) is 5.69 Å². The molecule has 2 aromatic rings. The number of para-hydroxylation sites is 1. The Morgan fingerprint density at radius 2 is 2.12 bits per heavy atom. The van der Waals surface area contributed by atoms with Gasteiger partial charge in [0.1, 0.15) is 4.99 Å². The third-order valence-electron chi connectivity index (χ3n) is 2.62. The average molecular weight is 262 g/mol. The second-order valence-corrected chi connectivity index (χ2v) is 5.03. The number of thiocarbonyl (C=S) groups is 1. The quantitative estimate of drug-likeness (QED) is 0.830. The van der Waals surface area contributed by atoms with Crippen molar-refractivity contribution in [2.45, 2.75) is 13.5 Å². The minimum Gasteiger partial charge on any atom is -0.389 e. The number of thiophene rings is 1. The molecule has 1 heterocycles. The monoisotopic (exact) mass is 262 g/mol. The summed E-state index contributed by atoms with van der Waals surface area (Å²) in [5.74, 6) is 0. The molecule has 88 valence electrons. The van der Waals surface area contributed by atoms with Crippen LogP contribution in [0.25, 0.3) is 0 Å². The summed E-state index contributed by atoms with van der Waals surface area (Å²) >= 11 is 6.75. The molecule has 1 aromatic heterocycles. The summed E-state index contributed by atoms with van der Waals surface area (Å²) < 4.78 is 0. The highest BCUT2D eigenvalue weighted by molar-refractivity contribution is 7.80. The highest BCUT2D eigenvalue weighted by Crippen LogP contribution is 2.19. The molecule has 3 N–H and O–H groups in total. The van der Waals surface area contributed by atoms with E-state index in [0.29, 0.717) is 4.99 Å². The van der Waals surface area contributed by atoms with E-state index in [-0.39, 0.29) is 0 Å². The number of anilines is 1. The number of nitrogens with two attached hydrogens (primary N) is 1. The van der Waals surface area contributed by atoms with E-state index in [1.807, 2.05) is 24.3 Å². The van der Waals surface area contributed by atoms with Gasteiger partial charge in [-0.1, -0.05) is 24.4 Å². The normalized spacial score (nSPS) is 10.2. The molecular formula is C13H14N2S2. The molecule has 0 amide bonds. The maximum atomic E-state index is 5.69. The number of benzene rings is 1. The molecule has 1 aromatic carbocycles. The van der Waals surface area contributed by atoms with Gasteiger partial charge in [-0.05, 0) is 40.9 Å². The number of nitrogens with one attached hydrogen (secondary N) is 1. The smallest absolute Gasteiger partial charge is 0.106 e. The van der Waals surface area contributed by atoms with Crippen LogP contribution < -0.4 is 11.1 Å². The first kappa shape index (κ1) is 12.1. The maximum absolute atomic E-state index is 5.69. The van der Waals surface area contributed by atoms with Crippen molar-refractivity contribution in [2.75, 3.05) is 5.32 Å². The van der Waals surface area contributed by atoms with Gasteiger partial charge in [0.2, 0.25) is 0 Å². The van der Waals surface area contributed by atoms with Gasteiger partial charge in [0, 0.05) is 17.8 Å². The second-order valence-electron chi connectivity index (χ2n) is 3.84. The van der Waals surface area contributed by atoms with E-state index in [1.165, 1.54) is 11.1 Å². The van der Waals surface area contributed by atoms with Gasteiger partial charge in [-0.2, -0.15) is 11.3 Å². The first-order valence-corrected chi connectivity index (χ1v) is 6.68. The van der Waals surface area contributed by atoms with Crippen molar-refractivity contribution < 1.29 is 0 Å². The van der Waals surface area contributed by atoms with E-state index in [9.17, 15) is 0 Å². The Hall–Kier alpha value is -1.39. The number of aryl methyl sites for hydroxylation is 1. The van der Waals surface area contributed by atoms with Crippen molar-refractivity contribution in [3.05, 3.63) is 51.7 Å². The average Bonchev–Trinajstić information content (AvgIpc) is 2.72. The molecule has 0 saturated heterocycles. The van der Waals surface area contributed by atoms with E-state index in [2.05, 4.69) is 23.0 Å². The summed E-state index contributed by atoms with van der Waals surface area (Å²) in [6, 6.07) is 7.85. The molecule has 0 atom stereocenters. The molecule has 0 saturated carbocycles. The largest absolute Gasteiger partial charge is 0.389 e. The molecule has 0 unspecified atom stereocenters. The van der Waals surface area contributed by atoms with Crippen LogP contribution in [0.5, 0.6) is 0 Å². The molecule has 0 spiro atoms. The fraction of sp³-hybridized carbons (Fsp3) is 0.154. The second kappa shape index (κ2) is 5.29. The van der Waals surface area contributed by atoms with Crippen LogP contribution in [0.3, 0.4) is 0 Å². The molecule has 2 rings (SSSR count). The topological polar surface area (TPSA) is 38.0 Å². The van der Waals surface area contributed by atoms with Gasteiger partial charge in [-0.25, -0.2) is 0 Å². The van der Waals surface area contributed by atoms with Gasteiger partial charge < -0.3 is 11.1 Å². The Labute approximate surface area is 110 Å². The molecule has 0 aliphatic heterocycles. The van der Waals surface area contributed by atoms with Crippen LogP contribution in [0.2, 0.25) is 0 Å². The van der Waals surface area contributed by atoms with Crippen LogP contribution in [-0.4, -0.2) is 4.99 Å². The third-order valence-corrected chi connectivity index (χ3v) is 3.75. The lowest BCUT2D eigenvalue weighted by atomic mass is 10.1. The fourth-order valence-corrected chi connectivity index (χ4v) is 2.65.